The Kier molecular flexibility index (Phi) is 11.3. The first-order chi connectivity index (χ1) is 19.9. The monoisotopic (exact) mass is 578 g/mol. The molecule has 3 aromatic rings. The first-order valence-electron chi connectivity index (χ1n) is 14.7. The maximum atomic E-state index is 13.1. The molecule has 0 fully saturated rings. The number of anilines is 2. The van der Waals surface area contributed by atoms with Gasteiger partial charge in [0, 0.05) is 48.8 Å². The second-order valence-corrected chi connectivity index (χ2v) is 12.3. The second kappa shape index (κ2) is 15.1. The molecule has 1 atom stereocenters. The minimum absolute atomic E-state index is 0.118. The highest BCUT2D eigenvalue weighted by molar-refractivity contribution is 7.92. The number of aliphatic hydroxyl groups excluding tert-OH is 1. The highest BCUT2D eigenvalue weighted by atomic mass is 32.2. The standard InChI is InChI=1S/C32H42N4O4S/c1-2-3-4-5-6-7-10-32(38)36-21-18-26-22-29(15-16-30(26)36)41(39,40)35-28-13-11-25(12-14-28)17-20-34-24-31(37)27-9-8-19-33-23-27/h8-9,11-16,19,22-23,31,34-35,37H,2-7,10,17-18,20-21,24H2,1H3. The molecule has 0 bridgehead atoms. The SMILES string of the molecule is CCCCCCCCC(=O)N1CCc2cc(S(=O)(=O)Nc3ccc(CCNCC(O)c4cccnc4)cc3)ccc21. The van der Waals surface area contributed by atoms with Crippen LogP contribution in [-0.2, 0) is 27.7 Å². The molecule has 1 amide bonds. The predicted octanol–water partition coefficient (Wildman–Crippen LogP) is 5.39. The number of carbonyl (C=O) groups is 1. The Morgan fingerprint density at radius 3 is 2.59 bits per heavy atom. The van der Waals surface area contributed by atoms with Crippen LogP contribution < -0.4 is 14.9 Å². The molecule has 8 nitrogen and oxygen atoms in total. The van der Waals surface area contributed by atoms with E-state index in [1.54, 1.807) is 53.7 Å². The minimum Gasteiger partial charge on any atom is -0.387 e. The number of aliphatic hydroxyl groups is 1. The van der Waals surface area contributed by atoms with E-state index in [-0.39, 0.29) is 10.8 Å². The van der Waals surface area contributed by atoms with Crippen LogP contribution in [0.3, 0.4) is 0 Å². The van der Waals surface area contributed by atoms with Crippen molar-refractivity contribution in [2.24, 2.45) is 0 Å². The summed E-state index contributed by atoms with van der Waals surface area (Å²) in [4.78, 5) is 18.8. The van der Waals surface area contributed by atoms with Gasteiger partial charge in [0.05, 0.1) is 11.0 Å². The lowest BCUT2D eigenvalue weighted by Gasteiger charge is -2.18. The maximum Gasteiger partial charge on any atom is 0.261 e. The van der Waals surface area contributed by atoms with Gasteiger partial charge >= 0.3 is 0 Å². The van der Waals surface area contributed by atoms with Crippen molar-refractivity contribution in [3.63, 3.8) is 0 Å². The van der Waals surface area contributed by atoms with Crippen molar-refractivity contribution in [1.29, 1.82) is 0 Å². The van der Waals surface area contributed by atoms with E-state index in [0.29, 0.717) is 38.2 Å². The van der Waals surface area contributed by atoms with Gasteiger partial charge in [-0.15, -0.1) is 0 Å². The summed E-state index contributed by atoms with van der Waals surface area (Å²) in [6.45, 7) is 3.89. The summed E-state index contributed by atoms with van der Waals surface area (Å²) >= 11 is 0. The molecule has 2 heterocycles. The number of carbonyl (C=O) groups excluding carboxylic acids is 1. The molecule has 0 aliphatic carbocycles. The number of benzene rings is 2. The molecule has 41 heavy (non-hydrogen) atoms. The zero-order valence-electron chi connectivity index (χ0n) is 23.9. The predicted molar refractivity (Wildman–Crippen MR) is 164 cm³/mol. The molecule has 0 saturated carbocycles. The van der Waals surface area contributed by atoms with E-state index in [4.69, 9.17) is 0 Å². The summed E-state index contributed by atoms with van der Waals surface area (Å²) in [5.74, 6) is 0.118. The third-order valence-corrected chi connectivity index (χ3v) is 8.88. The van der Waals surface area contributed by atoms with Gasteiger partial charge in [0.1, 0.15) is 0 Å². The normalized spacial score (nSPS) is 13.7. The number of nitrogens with zero attached hydrogens (tertiary/aromatic N) is 2. The summed E-state index contributed by atoms with van der Waals surface area (Å²) in [7, 11) is -3.77. The summed E-state index contributed by atoms with van der Waals surface area (Å²) in [5, 5.41) is 13.5. The Morgan fingerprint density at radius 2 is 1.83 bits per heavy atom. The summed E-state index contributed by atoms with van der Waals surface area (Å²) in [6, 6.07) is 16.0. The van der Waals surface area contributed by atoms with Gasteiger partial charge in [0.15, 0.2) is 0 Å². The molecule has 0 spiro atoms. The molecule has 1 aromatic heterocycles. The Morgan fingerprint density at radius 1 is 1.05 bits per heavy atom. The van der Waals surface area contributed by atoms with Crippen LogP contribution in [0.4, 0.5) is 11.4 Å². The van der Waals surface area contributed by atoms with Gasteiger partial charge in [0.25, 0.3) is 10.0 Å². The van der Waals surface area contributed by atoms with Gasteiger partial charge in [-0.2, -0.15) is 0 Å². The molecule has 2 aromatic carbocycles. The van der Waals surface area contributed by atoms with Crippen molar-refractivity contribution in [1.82, 2.24) is 10.3 Å². The van der Waals surface area contributed by atoms with Crippen molar-refractivity contribution in [2.75, 3.05) is 29.3 Å². The van der Waals surface area contributed by atoms with E-state index >= 15 is 0 Å². The second-order valence-electron chi connectivity index (χ2n) is 10.7. The third-order valence-electron chi connectivity index (χ3n) is 7.51. The van der Waals surface area contributed by atoms with Crippen LogP contribution in [0.5, 0.6) is 0 Å². The number of sulfonamides is 1. The lowest BCUT2D eigenvalue weighted by molar-refractivity contribution is -0.118. The fourth-order valence-electron chi connectivity index (χ4n) is 5.11. The Labute approximate surface area is 244 Å². The van der Waals surface area contributed by atoms with Crippen LogP contribution >= 0.6 is 0 Å². The van der Waals surface area contributed by atoms with E-state index in [0.717, 1.165) is 41.6 Å². The van der Waals surface area contributed by atoms with Gasteiger partial charge < -0.3 is 15.3 Å². The zero-order valence-corrected chi connectivity index (χ0v) is 24.7. The first-order valence-corrected chi connectivity index (χ1v) is 16.2. The van der Waals surface area contributed by atoms with Gasteiger partial charge in [-0.3, -0.25) is 14.5 Å². The van der Waals surface area contributed by atoms with E-state index < -0.39 is 16.1 Å². The number of pyridine rings is 1. The molecule has 0 saturated heterocycles. The number of hydrogen-bond acceptors (Lipinski definition) is 6. The fraction of sp³-hybridized carbons (Fsp3) is 0.438. The Hall–Kier alpha value is -3.27. The van der Waals surface area contributed by atoms with E-state index in [1.807, 2.05) is 18.2 Å². The van der Waals surface area contributed by atoms with Gasteiger partial charge in [-0.1, -0.05) is 57.2 Å². The highest BCUT2D eigenvalue weighted by Gasteiger charge is 2.26. The molecule has 220 valence electrons. The molecular weight excluding hydrogens is 536 g/mol. The van der Waals surface area contributed by atoms with Gasteiger partial charge in [0.2, 0.25) is 5.91 Å². The van der Waals surface area contributed by atoms with Crippen molar-refractivity contribution in [2.45, 2.75) is 75.7 Å². The van der Waals surface area contributed by atoms with Crippen molar-refractivity contribution in [3.05, 3.63) is 83.7 Å². The largest absolute Gasteiger partial charge is 0.387 e. The van der Waals surface area contributed by atoms with E-state index in [2.05, 4.69) is 21.9 Å². The maximum absolute atomic E-state index is 13.1. The molecule has 9 heteroatoms. The van der Waals surface area contributed by atoms with Crippen LogP contribution in [-0.4, -0.2) is 44.0 Å². The topological polar surface area (TPSA) is 112 Å². The van der Waals surface area contributed by atoms with Crippen molar-refractivity contribution < 1.29 is 18.3 Å². The summed E-state index contributed by atoms with van der Waals surface area (Å²) < 4.78 is 28.9. The Balaban J connectivity index is 1.25. The molecule has 4 rings (SSSR count). The van der Waals surface area contributed by atoms with Crippen molar-refractivity contribution >= 4 is 27.3 Å². The van der Waals surface area contributed by atoms with Gasteiger partial charge in [-0.05, 0) is 73.3 Å². The van der Waals surface area contributed by atoms with Crippen LogP contribution in [0, 0.1) is 0 Å². The Bertz CT molecular complexity index is 1360. The van der Waals surface area contributed by atoms with Crippen LogP contribution in [0.25, 0.3) is 0 Å². The first kappa shape index (κ1) is 30.7. The minimum atomic E-state index is -3.77. The average molecular weight is 579 g/mol. The molecule has 1 unspecified atom stereocenters. The smallest absolute Gasteiger partial charge is 0.261 e. The number of unbranched alkanes of at least 4 members (excludes halogenated alkanes) is 5. The molecule has 1 aliphatic heterocycles. The number of rotatable bonds is 16. The number of nitrogens with one attached hydrogen (secondary N) is 2. The molecular formula is C32H42N4O4S. The lowest BCUT2D eigenvalue weighted by Crippen LogP contribution is -2.28. The van der Waals surface area contributed by atoms with E-state index in [1.165, 1.54) is 25.7 Å². The van der Waals surface area contributed by atoms with E-state index in [9.17, 15) is 18.3 Å². The average Bonchev–Trinajstić information content (AvgIpc) is 3.42. The number of hydrogen-bond donors (Lipinski definition) is 3. The van der Waals surface area contributed by atoms with Crippen molar-refractivity contribution in [3.8, 4) is 0 Å². The molecule has 3 N–H and O–H groups in total. The third kappa shape index (κ3) is 8.86. The van der Waals surface area contributed by atoms with Gasteiger partial charge in [-0.25, -0.2) is 8.42 Å². The quantitative estimate of drug-likeness (QED) is 0.197. The number of aromatic nitrogens is 1. The zero-order chi connectivity index (χ0) is 29.1. The van der Waals surface area contributed by atoms with Crippen LogP contribution in [0.2, 0.25) is 0 Å². The fourth-order valence-corrected chi connectivity index (χ4v) is 6.22. The highest BCUT2D eigenvalue weighted by Crippen LogP contribution is 2.31. The molecule has 1 aliphatic rings. The lowest BCUT2D eigenvalue weighted by atomic mass is 10.1. The number of fused-ring (bicyclic) bond motifs is 1. The number of amides is 1. The van der Waals surface area contributed by atoms with Crippen LogP contribution in [0.1, 0.15) is 74.7 Å². The summed E-state index contributed by atoms with van der Waals surface area (Å²) in [5.41, 5.74) is 4.03. The summed E-state index contributed by atoms with van der Waals surface area (Å²) in [6.07, 6.45) is 11.5. The molecule has 0 radical (unpaired) electrons. The van der Waals surface area contributed by atoms with Crippen LogP contribution in [0.15, 0.2) is 71.9 Å².